The van der Waals surface area contributed by atoms with E-state index in [1.54, 1.807) is 18.7 Å². The van der Waals surface area contributed by atoms with Gasteiger partial charge in [0, 0.05) is 19.0 Å². The number of alkyl halides is 1. The lowest BCUT2D eigenvalue weighted by Crippen LogP contribution is -2.17. The van der Waals surface area contributed by atoms with E-state index in [2.05, 4.69) is 42.8 Å². The number of ether oxygens (including phenoxy) is 2. The molecule has 2 heterocycles. The van der Waals surface area contributed by atoms with Crippen molar-refractivity contribution < 1.29 is 13.9 Å². The van der Waals surface area contributed by atoms with Crippen molar-refractivity contribution in [1.82, 2.24) is 9.97 Å². The largest absolute Gasteiger partial charge is 0.497 e. The van der Waals surface area contributed by atoms with Crippen molar-refractivity contribution >= 4 is 50.4 Å². The minimum absolute atomic E-state index is 0.392. The predicted molar refractivity (Wildman–Crippen MR) is 139 cm³/mol. The second-order valence-corrected chi connectivity index (χ2v) is 9.21. The van der Waals surface area contributed by atoms with E-state index in [4.69, 9.17) is 9.47 Å². The van der Waals surface area contributed by atoms with Gasteiger partial charge >= 0.3 is 0 Å². The summed E-state index contributed by atoms with van der Waals surface area (Å²) in [5.41, 5.74) is 3.07. The summed E-state index contributed by atoms with van der Waals surface area (Å²) in [5.74, 6) is 1.94. The second kappa shape index (κ2) is 10.8. The molecular formula is C24H22FIN4O2S. The molecule has 9 heteroatoms. The van der Waals surface area contributed by atoms with Crippen LogP contribution in [0.4, 0.5) is 20.9 Å². The monoisotopic (exact) mass is 576 g/mol. The van der Waals surface area contributed by atoms with Crippen molar-refractivity contribution in [2.45, 2.75) is 13.2 Å². The van der Waals surface area contributed by atoms with Crippen LogP contribution >= 0.6 is 33.9 Å². The maximum Gasteiger partial charge on any atom is 0.243 e. The highest BCUT2D eigenvalue weighted by Crippen LogP contribution is 2.35. The van der Waals surface area contributed by atoms with Gasteiger partial charge in [0.15, 0.2) is 5.13 Å². The average molecular weight is 576 g/mol. The van der Waals surface area contributed by atoms with Gasteiger partial charge in [0.25, 0.3) is 0 Å². The molecule has 170 valence electrons. The molecule has 0 aliphatic rings. The zero-order valence-electron chi connectivity index (χ0n) is 18.1. The van der Waals surface area contributed by atoms with Crippen LogP contribution in [0.15, 0.2) is 66.2 Å². The van der Waals surface area contributed by atoms with E-state index < -0.39 is 6.67 Å². The van der Waals surface area contributed by atoms with E-state index in [1.165, 1.54) is 11.3 Å². The molecule has 0 amide bonds. The van der Waals surface area contributed by atoms with Crippen LogP contribution in [0, 0.1) is 3.57 Å². The topological polar surface area (TPSA) is 59.5 Å². The first-order chi connectivity index (χ1) is 16.1. The van der Waals surface area contributed by atoms with Gasteiger partial charge in [0.05, 0.1) is 28.3 Å². The molecule has 0 unspecified atom stereocenters. The van der Waals surface area contributed by atoms with Crippen LogP contribution in [0.3, 0.4) is 0 Å². The lowest BCUT2D eigenvalue weighted by Gasteiger charge is -2.21. The fraction of sp³-hybridized carbons (Fsp3) is 0.167. The van der Waals surface area contributed by atoms with Gasteiger partial charge in [-0.1, -0.05) is 24.3 Å². The number of methoxy groups -OCH3 is 1. The zero-order valence-corrected chi connectivity index (χ0v) is 21.1. The lowest BCUT2D eigenvalue weighted by atomic mass is 10.2. The Balaban J connectivity index is 1.61. The molecule has 0 atom stereocenters. The Hall–Kier alpha value is -2.92. The molecule has 2 aromatic carbocycles. The van der Waals surface area contributed by atoms with Crippen LogP contribution in [0.2, 0.25) is 0 Å². The Labute approximate surface area is 209 Å². The molecule has 0 fully saturated rings. The molecular weight excluding hydrogens is 554 g/mol. The fourth-order valence-corrected chi connectivity index (χ4v) is 4.29. The smallest absolute Gasteiger partial charge is 0.243 e. The summed E-state index contributed by atoms with van der Waals surface area (Å²) in [7, 11) is 3.65. The third kappa shape index (κ3) is 5.91. The van der Waals surface area contributed by atoms with Crippen molar-refractivity contribution in [3.05, 3.63) is 81.0 Å². The molecule has 0 bridgehead atoms. The van der Waals surface area contributed by atoms with Gasteiger partial charge in [-0.15, -0.1) is 11.3 Å². The molecule has 0 aliphatic heterocycles. The number of nitrogens with zero attached hydrogens (tertiary/aromatic N) is 3. The summed E-state index contributed by atoms with van der Waals surface area (Å²) >= 11 is 3.56. The maximum absolute atomic E-state index is 13.0. The second-order valence-electron chi connectivity index (χ2n) is 7.19. The van der Waals surface area contributed by atoms with E-state index in [9.17, 15) is 4.39 Å². The SMILES string of the molecule is COc1ccc(CN(C)c2cnc(Oc3ccccc3I)c(Nc3nc(CF)cs3)c2)cc1. The number of halogens is 2. The minimum Gasteiger partial charge on any atom is -0.497 e. The Morgan fingerprint density at radius 3 is 2.64 bits per heavy atom. The molecule has 0 radical (unpaired) electrons. The first-order valence-electron chi connectivity index (χ1n) is 10.1. The fourth-order valence-electron chi connectivity index (χ4n) is 3.09. The number of hydrogen-bond donors (Lipinski definition) is 1. The van der Waals surface area contributed by atoms with E-state index in [1.807, 2.05) is 61.6 Å². The van der Waals surface area contributed by atoms with Gasteiger partial charge in [-0.3, -0.25) is 0 Å². The highest BCUT2D eigenvalue weighted by molar-refractivity contribution is 14.1. The number of anilines is 3. The summed E-state index contributed by atoms with van der Waals surface area (Å²) in [4.78, 5) is 10.9. The third-order valence-corrected chi connectivity index (χ3v) is 6.53. The molecule has 6 nitrogen and oxygen atoms in total. The average Bonchev–Trinajstić information content (AvgIpc) is 3.29. The van der Waals surface area contributed by atoms with E-state index in [0.29, 0.717) is 34.7 Å². The van der Waals surface area contributed by atoms with Crippen molar-refractivity contribution in [1.29, 1.82) is 0 Å². The van der Waals surface area contributed by atoms with Gasteiger partial charge in [0.2, 0.25) is 5.88 Å². The molecule has 4 aromatic rings. The summed E-state index contributed by atoms with van der Waals surface area (Å²) in [6, 6.07) is 17.6. The number of para-hydroxylation sites is 1. The Kier molecular flexibility index (Phi) is 7.61. The summed E-state index contributed by atoms with van der Waals surface area (Å²) < 4.78 is 25.3. The van der Waals surface area contributed by atoms with Crippen molar-refractivity contribution in [2.24, 2.45) is 0 Å². The molecule has 0 saturated carbocycles. The van der Waals surface area contributed by atoms with Gasteiger partial charge in [0.1, 0.15) is 23.9 Å². The van der Waals surface area contributed by atoms with Gasteiger partial charge < -0.3 is 19.7 Å². The summed E-state index contributed by atoms with van der Waals surface area (Å²) in [6.45, 7) is 0.0811. The summed E-state index contributed by atoms with van der Waals surface area (Å²) in [6.07, 6.45) is 1.77. The third-order valence-electron chi connectivity index (χ3n) is 4.83. The number of benzene rings is 2. The quantitative estimate of drug-likeness (QED) is 0.222. The molecule has 0 aliphatic carbocycles. The normalized spacial score (nSPS) is 10.7. The maximum atomic E-state index is 13.0. The lowest BCUT2D eigenvalue weighted by molar-refractivity contribution is 0.414. The summed E-state index contributed by atoms with van der Waals surface area (Å²) in [5, 5.41) is 5.52. The van der Waals surface area contributed by atoms with Crippen LogP contribution < -0.4 is 19.7 Å². The molecule has 0 spiro atoms. The van der Waals surface area contributed by atoms with E-state index in [-0.39, 0.29) is 0 Å². The van der Waals surface area contributed by atoms with Crippen LogP contribution in [0.5, 0.6) is 17.4 Å². The number of hydrogen-bond acceptors (Lipinski definition) is 7. The van der Waals surface area contributed by atoms with Crippen molar-refractivity contribution in [2.75, 3.05) is 24.4 Å². The van der Waals surface area contributed by atoms with Gasteiger partial charge in [-0.25, -0.2) is 14.4 Å². The van der Waals surface area contributed by atoms with Crippen LogP contribution in [0.25, 0.3) is 0 Å². The molecule has 0 saturated heterocycles. The zero-order chi connectivity index (χ0) is 23.2. The molecule has 1 N–H and O–H groups in total. The number of aromatic nitrogens is 2. The number of nitrogens with one attached hydrogen (secondary N) is 1. The van der Waals surface area contributed by atoms with Crippen LogP contribution in [0.1, 0.15) is 11.3 Å². The first kappa shape index (κ1) is 23.2. The van der Waals surface area contributed by atoms with Gasteiger partial charge in [-0.05, 0) is 58.5 Å². The number of rotatable bonds is 9. The predicted octanol–water partition coefficient (Wildman–Crippen LogP) is 6.79. The Morgan fingerprint density at radius 1 is 1.15 bits per heavy atom. The number of pyridine rings is 1. The van der Waals surface area contributed by atoms with Crippen molar-refractivity contribution in [3.63, 3.8) is 0 Å². The molecule has 33 heavy (non-hydrogen) atoms. The highest BCUT2D eigenvalue weighted by atomic mass is 127. The highest BCUT2D eigenvalue weighted by Gasteiger charge is 2.14. The number of thiazole rings is 1. The van der Waals surface area contributed by atoms with E-state index in [0.717, 1.165) is 20.6 Å². The Bertz CT molecular complexity index is 1220. The molecule has 4 rings (SSSR count). The van der Waals surface area contributed by atoms with Crippen LogP contribution in [-0.4, -0.2) is 24.1 Å². The first-order valence-corrected chi connectivity index (χ1v) is 12.1. The Morgan fingerprint density at radius 2 is 1.94 bits per heavy atom. The van der Waals surface area contributed by atoms with Crippen LogP contribution in [-0.2, 0) is 13.2 Å². The standard InChI is InChI=1S/C24H22FIN4O2S/c1-30(14-16-7-9-19(31-2)10-8-16)18-11-21(29-24-28-17(12-25)15-33-24)23(27-13-18)32-22-6-4-3-5-20(22)26/h3-11,13,15H,12,14H2,1-2H3,(H,28,29). The van der Waals surface area contributed by atoms with Gasteiger partial charge in [-0.2, -0.15) is 0 Å². The molecule has 2 aromatic heterocycles. The minimum atomic E-state index is -0.605. The van der Waals surface area contributed by atoms with E-state index >= 15 is 0 Å². The van der Waals surface area contributed by atoms with Crippen molar-refractivity contribution in [3.8, 4) is 17.4 Å².